The molecule has 1 aromatic carbocycles. The summed E-state index contributed by atoms with van der Waals surface area (Å²) in [5.41, 5.74) is 2.03. The van der Waals surface area contributed by atoms with Gasteiger partial charge in [-0.3, -0.25) is 9.59 Å². The first kappa shape index (κ1) is 14.5. The highest BCUT2D eigenvalue weighted by molar-refractivity contribution is 5.94. The van der Waals surface area contributed by atoms with Crippen LogP contribution in [0.4, 0.5) is 5.69 Å². The van der Waals surface area contributed by atoms with Crippen LogP contribution in [0.3, 0.4) is 0 Å². The molecule has 0 radical (unpaired) electrons. The monoisotopic (exact) mass is 277 g/mol. The highest BCUT2D eigenvalue weighted by Gasteiger charge is 2.12. The van der Waals surface area contributed by atoms with Crippen LogP contribution < -0.4 is 4.90 Å². The standard InChI is InChI=1S/C15H19NO4/c1-12(17)9-15(18)20-11-13-3-2-4-14(10-13)16-5-7-19-8-6-16/h2-4,10H,5-9,11H2,1H3. The van der Waals surface area contributed by atoms with Crippen LogP contribution in [0.1, 0.15) is 18.9 Å². The van der Waals surface area contributed by atoms with Gasteiger partial charge in [0, 0.05) is 18.8 Å². The summed E-state index contributed by atoms with van der Waals surface area (Å²) in [6.07, 6.45) is -0.164. The first-order valence-corrected chi connectivity index (χ1v) is 6.72. The van der Waals surface area contributed by atoms with Gasteiger partial charge in [-0.25, -0.2) is 0 Å². The molecule has 1 heterocycles. The number of ketones is 1. The van der Waals surface area contributed by atoms with Crippen molar-refractivity contribution in [1.82, 2.24) is 0 Å². The van der Waals surface area contributed by atoms with Crippen molar-refractivity contribution < 1.29 is 19.1 Å². The smallest absolute Gasteiger partial charge is 0.313 e. The number of carbonyl (C=O) groups is 2. The van der Waals surface area contributed by atoms with E-state index in [1.54, 1.807) is 0 Å². The van der Waals surface area contributed by atoms with Crippen molar-refractivity contribution in [2.45, 2.75) is 20.0 Å². The van der Waals surface area contributed by atoms with Crippen molar-refractivity contribution in [3.05, 3.63) is 29.8 Å². The van der Waals surface area contributed by atoms with Gasteiger partial charge in [0.15, 0.2) is 0 Å². The Labute approximate surface area is 118 Å². The second-order valence-corrected chi connectivity index (χ2v) is 4.81. The molecule has 0 aromatic heterocycles. The SMILES string of the molecule is CC(=O)CC(=O)OCc1cccc(N2CCOCC2)c1. The number of morpholine rings is 1. The fourth-order valence-electron chi connectivity index (χ4n) is 2.08. The van der Waals surface area contributed by atoms with E-state index in [9.17, 15) is 9.59 Å². The molecule has 0 unspecified atom stereocenters. The lowest BCUT2D eigenvalue weighted by atomic mass is 10.2. The van der Waals surface area contributed by atoms with Crippen molar-refractivity contribution in [2.24, 2.45) is 0 Å². The number of rotatable bonds is 5. The second kappa shape index (κ2) is 7.05. The Morgan fingerprint density at radius 2 is 2.05 bits per heavy atom. The zero-order valence-electron chi connectivity index (χ0n) is 11.6. The molecular formula is C15H19NO4. The van der Waals surface area contributed by atoms with Gasteiger partial charge in [0.1, 0.15) is 18.8 Å². The summed E-state index contributed by atoms with van der Waals surface area (Å²) in [6, 6.07) is 7.89. The van der Waals surface area contributed by atoms with E-state index in [1.807, 2.05) is 24.3 Å². The molecular weight excluding hydrogens is 258 g/mol. The number of hydrogen-bond acceptors (Lipinski definition) is 5. The average molecular weight is 277 g/mol. The van der Waals surface area contributed by atoms with Gasteiger partial charge in [0.2, 0.25) is 0 Å². The fourth-order valence-corrected chi connectivity index (χ4v) is 2.08. The molecule has 0 saturated carbocycles. The maximum absolute atomic E-state index is 11.3. The van der Waals surface area contributed by atoms with Crippen molar-refractivity contribution in [3.63, 3.8) is 0 Å². The quantitative estimate of drug-likeness (QED) is 0.603. The van der Waals surface area contributed by atoms with E-state index in [1.165, 1.54) is 6.92 Å². The molecule has 1 aliphatic rings. The van der Waals surface area contributed by atoms with Gasteiger partial charge >= 0.3 is 5.97 Å². The van der Waals surface area contributed by atoms with Crippen LogP contribution in [0.5, 0.6) is 0 Å². The van der Waals surface area contributed by atoms with Crippen molar-refractivity contribution in [1.29, 1.82) is 0 Å². The molecule has 1 fully saturated rings. The summed E-state index contributed by atoms with van der Waals surface area (Å²) in [5, 5.41) is 0. The topological polar surface area (TPSA) is 55.8 Å². The van der Waals surface area contributed by atoms with Crippen molar-refractivity contribution >= 4 is 17.4 Å². The largest absolute Gasteiger partial charge is 0.460 e. The van der Waals surface area contributed by atoms with Gasteiger partial charge in [-0.2, -0.15) is 0 Å². The number of hydrogen-bond donors (Lipinski definition) is 0. The highest BCUT2D eigenvalue weighted by Crippen LogP contribution is 2.18. The number of ether oxygens (including phenoxy) is 2. The van der Waals surface area contributed by atoms with Gasteiger partial charge < -0.3 is 14.4 Å². The second-order valence-electron chi connectivity index (χ2n) is 4.81. The van der Waals surface area contributed by atoms with E-state index in [-0.39, 0.29) is 18.8 Å². The van der Waals surface area contributed by atoms with Crippen LogP contribution in [-0.4, -0.2) is 38.1 Å². The van der Waals surface area contributed by atoms with Gasteiger partial charge in [-0.05, 0) is 24.6 Å². The number of benzene rings is 1. The Balaban J connectivity index is 1.92. The molecule has 1 saturated heterocycles. The lowest BCUT2D eigenvalue weighted by Gasteiger charge is -2.29. The lowest BCUT2D eigenvalue weighted by Crippen LogP contribution is -2.36. The Kier molecular flexibility index (Phi) is 5.12. The highest BCUT2D eigenvalue weighted by atomic mass is 16.5. The predicted octanol–water partition coefficient (Wildman–Crippen LogP) is 1.55. The Morgan fingerprint density at radius 1 is 1.30 bits per heavy atom. The first-order chi connectivity index (χ1) is 9.65. The summed E-state index contributed by atoms with van der Waals surface area (Å²) in [7, 11) is 0. The molecule has 0 aliphatic carbocycles. The normalized spacial score (nSPS) is 14.9. The minimum Gasteiger partial charge on any atom is -0.460 e. The molecule has 0 atom stereocenters. The molecule has 5 heteroatoms. The number of esters is 1. The van der Waals surface area contributed by atoms with Gasteiger partial charge in [-0.15, -0.1) is 0 Å². The Morgan fingerprint density at radius 3 is 2.75 bits per heavy atom. The molecule has 1 aromatic rings. The van der Waals surface area contributed by atoms with Crippen LogP contribution >= 0.6 is 0 Å². The number of nitrogens with zero attached hydrogens (tertiary/aromatic N) is 1. The van der Waals surface area contributed by atoms with E-state index in [0.29, 0.717) is 0 Å². The molecule has 0 N–H and O–H groups in total. The van der Waals surface area contributed by atoms with Gasteiger partial charge in [0.25, 0.3) is 0 Å². The van der Waals surface area contributed by atoms with Crippen LogP contribution in [0.25, 0.3) is 0 Å². The number of anilines is 1. The summed E-state index contributed by atoms with van der Waals surface area (Å²) in [4.78, 5) is 24.4. The Bertz CT molecular complexity index is 481. The number of Topliss-reactive ketones (excluding diaryl/α,β-unsaturated/α-hetero) is 1. The summed E-state index contributed by atoms with van der Waals surface area (Å²) < 4.78 is 10.4. The minimum atomic E-state index is -0.478. The molecule has 0 spiro atoms. The summed E-state index contributed by atoms with van der Waals surface area (Å²) in [5.74, 6) is -0.661. The van der Waals surface area contributed by atoms with Crippen molar-refractivity contribution in [2.75, 3.05) is 31.2 Å². The molecule has 108 valence electrons. The summed E-state index contributed by atoms with van der Waals surface area (Å²) in [6.45, 7) is 4.78. The molecule has 0 amide bonds. The fraction of sp³-hybridized carbons (Fsp3) is 0.467. The van der Waals surface area contributed by atoms with Crippen LogP contribution in [0, 0.1) is 0 Å². The van der Waals surface area contributed by atoms with E-state index < -0.39 is 5.97 Å². The molecule has 2 rings (SSSR count). The van der Waals surface area contributed by atoms with Gasteiger partial charge in [-0.1, -0.05) is 12.1 Å². The third-order valence-corrected chi connectivity index (χ3v) is 3.08. The molecule has 5 nitrogen and oxygen atoms in total. The minimum absolute atomic E-state index is 0.164. The van der Waals surface area contributed by atoms with E-state index in [0.717, 1.165) is 37.6 Å². The van der Waals surface area contributed by atoms with Crippen molar-refractivity contribution in [3.8, 4) is 0 Å². The van der Waals surface area contributed by atoms with E-state index in [2.05, 4.69) is 4.90 Å². The van der Waals surface area contributed by atoms with Crippen LogP contribution in [0.2, 0.25) is 0 Å². The third kappa shape index (κ3) is 4.35. The van der Waals surface area contributed by atoms with E-state index in [4.69, 9.17) is 9.47 Å². The van der Waals surface area contributed by atoms with Crippen LogP contribution in [-0.2, 0) is 25.7 Å². The maximum Gasteiger partial charge on any atom is 0.313 e. The number of carbonyl (C=O) groups excluding carboxylic acids is 2. The molecule has 1 aliphatic heterocycles. The zero-order valence-corrected chi connectivity index (χ0v) is 11.6. The van der Waals surface area contributed by atoms with Gasteiger partial charge in [0.05, 0.1) is 13.2 Å². The van der Waals surface area contributed by atoms with Crippen LogP contribution in [0.15, 0.2) is 24.3 Å². The predicted molar refractivity (Wildman–Crippen MR) is 74.6 cm³/mol. The lowest BCUT2D eigenvalue weighted by molar-refractivity contribution is -0.146. The molecule has 0 bridgehead atoms. The van der Waals surface area contributed by atoms with E-state index >= 15 is 0 Å². The average Bonchev–Trinajstić information content (AvgIpc) is 2.46. The maximum atomic E-state index is 11.3. The summed E-state index contributed by atoms with van der Waals surface area (Å²) >= 11 is 0. The Hall–Kier alpha value is -1.88. The first-order valence-electron chi connectivity index (χ1n) is 6.72. The third-order valence-electron chi connectivity index (χ3n) is 3.08. The zero-order chi connectivity index (χ0) is 14.4. The molecule has 20 heavy (non-hydrogen) atoms.